The lowest BCUT2D eigenvalue weighted by atomic mass is 10.3. The van der Waals surface area contributed by atoms with Gasteiger partial charge in [0.25, 0.3) is 5.91 Å². The van der Waals surface area contributed by atoms with Crippen LogP contribution in [0.1, 0.15) is 16.1 Å². The monoisotopic (exact) mass is 234 g/mol. The summed E-state index contributed by atoms with van der Waals surface area (Å²) in [6.45, 7) is 0.494. The van der Waals surface area contributed by atoms with E-state index in [-0.39, 0.29) is 11.6 Å². The van der Waals surface area contributed by atoms with E-state index in [1.807, 2.05) is 16.8 Å². The molecule has 0 saturated carbocycles. The molecule has 2 aromatic heterocycles. The van der Waals surface area contributed by atoms with Crippen molar-refractivity contribution in [3.05, 3.63) is 40.5 Å². The SMILES string of the molecule is Nc1cnc(C(=O)NCc2ccsc2)cn1. The number of carbonyl (C=O) groups is 1. The topological polar surface area (TPSA) is 80.9 Å². The predicted molar refractivity (Wildman–Crippen MR) is 61.9 cm³/mol. The van der Waals surface area contributed by atoms with E-state index >= 15 is 0 Å². The van der Waals surface area contributed by atoms with Crippen LogP contribution in [0.5, 0.6) is 0 Å². The van der Waals surface area contributed by atoms with Gasteiger partial charge in [0, 0.05) is 6.54 Å². The van der Waals surface area contributed by atoms with Gasteiger partial charge in [0.1, 0.15) is 11.5 Å². The summed E-state index contributed by atoms with van der Waals surface area (Å²) in [6.07, 6.45) is 2.72. The maximum Gasteiger partial charge on any atom is 0.271 e. The fourth-order valence-corrected chi connectivity index (χ4v) is 1.79. The van der Waals surface area contributed by atoms with Gasteiger partial charge < -0.3 is 11.1 Å². The van der Waals surface area contributed by atoms with Crippen LogP contribution in [0, 0.1) is 0 Å². The third-order valence-corrected chi connectivity index (χ3v) is 2.67. The van der Waals surface area contributed by atoms with Crippen LogP contribution < -0.4 is 11.1 Å². The van der Waals surface area contributed by atoms with Crippen molar-refractivity contribution in [3.8, 4) is 0 Å². The minimum atomic E-state index is -0.251. The molecular weight excluding hydrogens is 224 g/mol. The van der Waals surface area contributed by atoms with Gasteiger partial charge in [0.05, 0.1) is 12.4 Å². The molecule has 0 aliphatic rings. The first kappa shape index (κ1) is 10.6. The lowest BCUT2D eigenvalue weighted by Gasteiger charge is -2.02. The summed E-state index contributed by atoms with van der Waals surface area (Å²) >= 11 is 1.59. The summed E-state index contributed by atoms with van der Waals surface area (Å²) in [5.74, 6) is 0.0492. The number of nitrogens with zero attached hydrogens (tertiary/aromatic N) is 2. The van der Waals surface area contributed by atoms with Crippen molar-refractivity contribution in [2.45, 2.75) is 6.54 Å². The second-order valence-corrected chi connectivity index (χ2v) is 3.92. The summed E-state index contributed by atoms with van der Waals surface area (Å²) < 4.78 is 0. The van der Waals surface area contributed by atoms with Crippen LogP contribution in [-0.4, -0.2) is 15.9 Å². The Morgan fingerprint density at radius 3 is 2.94 bits per heavy atom. The predicted octanol–water partition coefficient (Wildman–Crippen LogP) is 1.05. The molecule has 16 heavy (non-hydrogen) atoms. The van der Waals surface area contributed by atoms with E-state index in [1.54, 1.807) is 11.3 Å². The van der Waals surface area contributed by atoms with Gasteiger partial charge in [0.2, 0.25) is 0 Å². The fraction of sp³-hybridized carbons (Fsp3) is 0.100. The first-order valence-corrected chi connectivity index (χ1v) is 5.57. The molecule has 0 aliphatic heterocycles. The van der Waals surface area contributed by atoms with Gasteiger partial charge in [-0.1, -0.05) is 0 Å². The largest absolute Gasteiger partial charge is 0.382 e. The molecule has 0 spiro atoms. The third-order valence-electron chi connectivity index (χ3n) is 1.94. The molecule has 5 nitrogen and oxygen atoms in total. The van der Waals surface area contributed by atoms with E-state index in [4.69, 9.17) is 5.73 Å². The Bertz CT molecular complexity index is 466. The highest BCUT2D eigenvalue weighted by molar-refractivity contribution is 7.07. The van der Waals surface area contributed by atoms with E-state index in [1.165, 1.54) is 12.4 Å². The number of hydrogen-bond acceptors (Lipinski definition) is 5. The Kier molecular flexibility index (Phi) is 3.11. The van der Waals surface area contributed by atoms with Crippen LogP contribution in [-0.2, 0) is 6.54 Å². The molecule has 0 radical (unpaired) electrons. The average Bonchev–Trinajstić information content (AvgIpc) is 2.80. The first-order valence-electron chi connectivity index (χ1n) is 4.62. The zero-order valence-electron chi connectivity index (χ0n) is 8.38. The van der Waals surface area contributed by atoms with Gasteiger partial charge in [-0.05, 0) is 22.4 Å². The number of hydrogen-bond donors (Lipinski definition) is 2. The third kappa shape index (κ3) is 2.54. The molecule has 6 heteroatoms. The van der Waals surface area contributed by atoms with Crippen LogP contribution in [0.3, 0.4) is 0 Å². The lowest BCUT2D eigenvalue weighted by Crippen LogP contribution is -2.23. The average molecular weight is 234 g/mol. The van der Waals surface area contributed by atoms with Gasteiger partial charge in [-0.2, -0.15) is 11.3 Å². The van der Waals surface area contributed by atoms with Crippen molar-refractivity contribution in [2.24, 2.45) is 0 Å². The van der Waals surface area contributed by atoms with Crippen LogP contribution in [0.25, 0.3) is 0 Å². The molecular formula is C10H10N4OS. The lowest BCUT2D eigenvalue weighted by molar-refractivity contribution is 0.0945. The maximum atomic E-state index is 11.6. The summed E-state index contributed by atoms with van der Waals surface area (Å²) in [5, 5.41) is 6.69. The second-order valence-electron chi connectivity index (χ2n) is 3.14. The Morgan fingerprint density at radius 1 is 1.44 bits per heavy atom. The van der Waals surface area contributed by atoms with Gasteiger partial charge in [-0.15, -0.1) is 0 Å². The molecule has 0 atom stereocenters. The molecule has 2 aromatic rings. The highest BCUT2D eigenvalue weighted by Gasteiger charge is 2.06. The highest BCUT2D eigenvalue weighted by atomic mass is 32.1. The van der Waals surface area contributed by atoms with Crippen molar-refractivity contribution in [3.63, 3.8) is 0 Å². The van der Waals surface area contributed by atoms with Crippen molar-refractivity contribution < 1.29 is 4.79 Å². The second kappa shape index (κ2) is 4.71. The Hall–Kier alpha value is -1.95. The summed E-state index contributed by atoms with van der Waals surface area (Å²) in [4.78, 5) is 19.3. The van der Waals surface area contributed by atoms with Crippen molar-refractivity contribution in [2.75, 3.05) is 5.73 Å². The fourth-order valence-electron chi connectivity index (χ4n) is 1.12. The number of nitrogens with one attached hydrogen (secondary N) is 1. The van der Waals surface area contributed by atoms with Crippen LogP contribution in [0.4, 0.5) is 5.82 Å². The number of anilines is 1. The first-order chi connectivity index (χ1) is 7.75. The minimum Gasteiger partial charge on any atom is -0.382 e. The Balaban J connectivity index is 1.95. The maximum absolute atomic E-state index is 11.6. The minimum absolute atomic E-state index is 0.251. The zero-order chi connectivity index (χ0) is 11.4. The van der Waals surface area contributed by atoms with E-state index in [9.17, 15) is 4.79 Å². The molecule has 0 aromatic carbocycles. The molecule has 1 amide bonds. The van der Waals surface area contributed by atoms with Gasteiger partial charge in [0.15, 0.2) is 0 Å². The Morgan fingerprint density at radius 2 is 2.31 bits per heavy atom. The van der Waals surface area contributed by atoms with E-state index < -0.39 is 0 Å². The number of amides is 1. The molecule has 0 bridgehead atoms. The van der Waals surface area contributed by atoms with Gasteiger partial charge in [-0.3, -0.25) is 4.79 Å². The number of rotatable bonds is 3. The highest BCUT2D eigenvalue weighted by Crippen LogP contribution is 2.05. The number of nitrogens with two attached hydrogens (primary N) is 1. The molecule has 0 aliphatic carbocycles. The molecule has 2 rings (SSSR count). The summed E-state index contributed by atoms with van der Waals surface area (Å²) in [5.41, 5.74) is 6.71. The molecule has 3 N–H and O–H groups in total. The molecule has 2 heterocycles. The molecule has 82 valence electrons. The van der Waals surface area contributed by atoms with Gasteiger partial charge >= 0.3 is 0 Å². The smallest absolute Gasteiger partial charge is 0.271 e. The van der Waals surface area contributed by atoms with E-state index in [0.29, 0.717) is 12.4 Å². The van der Waals surface area contributed by atoms with Crippen molar-refractivity contribution in [1.29, 1.82) is 0 Å². The zero-order valence-corrected chi connectivity index (χ0v) is 9.20. The molecule has 0 unspecified atom stereocenters. The standard InChI is InChI=1S/C10H10N4OS/c11-9-5-12-8(4-13-9)10(15)14-3-7-1-2-16-6-7/h1-2,4-6H,3H2,(H2,11,13)(H,14,15). The molecule has 0 fully saturated rings. The van der Waals surface area contributed by atoms with Crippen LogP contribution >= 0.6 is 11.3 Å². The normalized spacial score (nSPS) is 10.0. The van der Waals surface area contributed by atoms with Gasteiger partial charge in [-0.25, -0.2) is 9.97 Å². The number of carbonyl (C=O) groups excluding carboxylic acids is 1. The van der Waals surface area contributed by atoms with E-state index in [0.717, 1.165) is 5.56 Å². The van der Waals surface area contributed by atoms with Crippen LogP contribution in [0.2, 0.25) is 0 Å². The van der Waals surface area contributed by atoms with E-state index in [2.05, 4.69) is 15.3 Å². The number of thiophene rings is 1. The molecule has 0 saturated heterocycles. The Labute approximate surface area is 96.3 Å². The van der Waals surface area contributed by atoms with Crippen molar-refractivity contribution in [1.82, 2.24) is 15.3 Å². The summed E-state index contributed by atoms with van der Waals surface area (Å²) in [6, 6.07) is 1.96. The van der Waals surface area contributed by atoms with Crippen molar-refractivity contribution >= 4 is 23.1 Å². The summed E-state index contributed by atoms with van der Waals surface area (Å²) in [7, 11) is 0. The van der Waals surface area contributed by atoms with Crippen LogP contribution in [0.15, 0.2) is 29.2 Å². The number of nitrogen functional groups attached to an aromatic ring is 1. The number of aromatic nitrogens is 2. The quantitative estimate of drug-likeness (QED) is 0.831.